The Hall–Kier alpha value is -1.35. The number of hydrogen-bond acceptors (Lipinski definition) is 2. The Morgan fingerprint density at radius 2 is 1.78 bits per heavy atom. The van der Waals surface area contributed by atoms with Gasteiger partial charge in [-0.2, -0.15) is 0 Å². The highest BCUT2D eigenvalue weighted by molar-refractivity contribution is 9.10. The molecule has 1 aromatic carbocycles. The number of nitrogens with one attached hydrogen (secondary N) is 1. The van der Waals surface area contributed by atoms with E-state index in [2.05, 4.69) is 64.3 Å². The molecule has 0 saturated heterocycles. The molecule has 0 amide bonds. The summed E-state index contributed by atoms with van der Waals surface area (Å²) in [6.45, 7) is 4.43. The maximum atomic E-state index is 4.24. The van der Waals surface area contributed by atoms with Crippen LogP contribution in [0.4, 0.5) is 5.69 Å². The average molecular weight is 305 g/mol. The van der Waals surface area contributed by atoms with Gasteiger partial charge in [0.05, 0.1) is 11.7 Å². The fraction of sp³-hybridized carbons (Fsp3) is 0.267. The van der Waals surface area contributed by atoms with Crippen molar-refractivity contribution >= 4 is 21.6 Å². The summed E-state index contributed by atoms with van der Waals surface area (Å²) in [6, 6.07) is 14.8. The Morgan fingerprint density at radius 1 is 1.06 bits per heavy atom. The standard InChI is InChI=1S/C15H17BrN2/c1-11(2)14(12-7-4-3-5-8-12)18-13-9-6-10-17-15(13)16/h3-11,14,18H,1-2H3. The third-order valence-corrected chi connectivity index (χ3v) is 3.53. The van der Waals surface area contributed by atoms with Crippen molar-refractivity contribution in [1.82, 2.24) is 4.98 Å². The van der Waals surface area contributed by atoms with Crippen molar-refractivity contribution < 1.29 is 0 Å². The maximum Gasteiger partial charge on any atom is 0.129 e. The molecule has 0 spiro atoms. The molecule has 1 atom stereocenters. The SMILES string of the molecule is CC(C)C(Nc1cccnc1Br)c1ccccc1. The van der Waals surface area contributed by atoms with Crippen LogP contribution in [0.15, 0.2) is 53.3 Å². The topological polar surface area (TPSA) is 24.9 Å². The van der Waals surface area contributed by atoms with Crippen molar-refractivity contribution in [3.05, 3.63) is 58.8 Å². The Labute approximate surface area is 117 Å². The second kappa shape index (κ2) is 6.01. The molecule has 1 N–H and O–H groups in total. The fourth-order valence-corrected chi connectivity index (χ4v) is 2.32. The average Bonchev–Trinajstić information content (AvgIpc) is 2.38. The van der Waals surface area contributed by atoms with E-state index in [0.717, 1.165) is 10.3 Å². The van der Waals surface area contributed by atoms with Gasteiger partial charge in [0.25, 0.3) is 0 Å². The molecular formula is C15H17BrN2. The molecule has 2 aromatic rings. The van der Waals surface area contributed by atoms with Gasteiger partial charge in [-0.25, -0.2) is 4.98 Å². The van der Waals surface area contributed by atoms with Gasteiger partial charge in [-0.3, -0.25) is 0 Å². The lowest BCUT2D eigenvalue weighted by molar-refractivity contribution is 0.546. The lowest BCUT2D eigenvalue weighted by atomic mass is 9.96. The summed E-state index contributed by atoms with van der Waals surface area (Å²) in [7, 11) is 0. The van der Waals surface area contributed by atoms with E-state index in [1.165, 1.54) is 5.56 Å². The Kier molecular flexibility index (Phi) is 4.37. The van der Waals surface area contributed by atoms with Crippen LogP contribution >= 0.6 is 15.9 Å². The molecule has 0 aliphatic rings. The van der Waals surface area contributed by atoms with Crippen molar-refractivity contribution in [2.75, 3.05) is 5.32 Å². The van der Waals surface area contributed by atoms with E-state index < -0.39 is 0 Å². The van der Waals surface area contributed by atoms with Crippen molar-refractivity contribution in [3.63, 3.8) is 0 Å². The minimum atomic E-state index is 0.284. The lowest BCUT2D eigenvalue weighted by Crippen LogP contribution is -2.17. The van der Waals surface area contributed by atoms with Gasteiger partial charge in [0.15, 0.2) is 0 Å². The number of pyridine rings is 1. The van der Waals surface area contributed by atoms with Crippen LogP contribution in [-0.2, 0) is 0 Å². The molecular weight excluding hydrogens is 288 g/mol. The largest absolute Gasteiger partial charge is 0.376 e. The summed E-state index contributed by atoms with van der Waals surface area (Å²) < 4.78 is 0.853. The fourth-order valence-electron chi connectivity index (χ4n) is 1.96. The zero-order chi connectivity index (χ0) is 13.0. The molecule has 1 heterocycles. The van der Waals surface area contributed by atoms with E-state index in [-0.39, 0.29) is 6.04 Å². The van der Waals surface area contributed by atoms with E-state index in [1.807, 2.05) is 18.2 Å². The van der Waals surface area contributed by atoms with Crippen LogP contribution in [0.2, 0.25) is 0 Å². The van der Waals surface area contributed by atoms with Gasteiger partial charge < -0.3 is 5.32 Å². The van der Waals surface area contributed by atoms with E-state index >= 15 is 0 Å². The Bertz CT molecular complexity index is 497. The molecule has 0 radical (unpaired) electrons. The highest BCUT2D eigenvalue weighted by Crippen LogP contribution is 2.29. The van der Waals surface area contributed by atoms with E-state index in [0.29, 0.717) is 5.92 Å². The van der Waals surface area contributed by atoms with Crippen LogP contribution in [-0.4, -0.2) is 4.98 Å². The number of rotatable bonds is 4. The van der Waals surface area contributed by atoms with Crippen LogP contribution in [0, 0.1) is 5.92 Å². The first-order valence-corrected chi connectivity index (χ1v) is 6.90. The molecule has 18 heavy (non-hydrogen) atoms. The highest BCUT2D eigenvalue weighted by Gasteiger charge is 2.16. The zero-order valence-electron chi connectivity index (χ0n) is 10.6. The van der Waals surface area contributed by atoms with Crippen LogP contribution in [0.5, 0.6) is 0 Å². The summed E-state index contributed by atoms with van der Waals surface area (Å²) >= 11 is 3.47. The first-order chi connectivity index (χ1) is 8.68. The van der Waals surface area contributed by atoms with Gasteiger partial charge in [-0.1, -0.05) is 44.2 Å². The number of aromatic nitrogens is 1. The summed E-state index contributed by atoms with van der Waals surface area (Å²) in [4.78, 5) is 4.24. The van der Waals surface area contributed by atoms with E-state index in [4.69, 9.17) is 0 Å². The van der Waals surface area contributed by atoms with Crippen LogP contribution < -0.4 is 5.32 Å². The molecule has 1 unspecified atom stereocenters. The number of nitrogens with zero attached hydrogens (tertiary/aromatic N) is 1. The number of benzene rings is 1. The molecule has 0 bridgehead atoms. The van der Waals surface area contributed by atoms with Gasteiger partial charge in [-0.15, -0.1) is 0 Å². The number of hydrogen-bond donors (Lipinski definition) is 1. The van der Waals surface area contributed by atoms with Crippen LogP contribution in [0.1, 0.15) is 25.5 Å². The van der Waals surface area contributed by atoms with Crippen LogP contribution in [0.25, 0.3) is 0 Å². The first kappa shape index (κ1) is 13.1. The minimum absolute atomic E-state index is 0.284. The molecule has 0 fully saturated rings. The Morgan fingerprint density at radius 3 is 2.39 bits per heavy atom. The third-order valence-electron chi connectivity index (χ3n) is 2.90. The maximum absolute atomic E-state index is 4.24. The second-order valence-electron chi connectivity index (χ2n) is 4.62. The van der Waals surface area contributed by atoms with Crippen molar-refractivity contribution in [1.29, 1.82) is 0 Å². The van der Waals surface area contributed by atoms with Gasteiger partial charge in [0, 0.05) is 6.20 Å². The highest BCUT2D eigenvalue weighted by atomic mass is 79.9. The summed E-state index contributed by atoms with van der Waals surface area (Å²) in [5, 5.41) is 3.55. The smallest absolute Gasteiger partial charge is 0.129 e. The molecule has 2 nitrogen and oxygen atoms in total. The summed E-state index contributed by atoms with van der Waals surface area (Å²) in [5.74, 6) is 0.500. The lowest BCUT2D eigenvalue weighted by Gasteiger charge is -2.24. The second-order valence-corrected chi connectivity index (χ2v) is 5.37. The van der Waals surface area contributed by atoms with Gasteiger partial charge in [-0.05, 0) is 39.5 Å². The predicted molar refractivity (Wildman–Crippen MR) is 79.6 cm³/mol. The predicted octanol–water partition coefficient (Wildman–Crippen LogP) is 4.65. The molecule has 3 heteroatoms. The van der Waals surface area contributed by atoms with Crippen molar-refractivity contribution in [2.45, 2.75) is 19.9 Å². The minimum Gasteiger partial charge on any atom is -0.376 e. The summed E-state index contributed by atoms with van der Waals surface area (Å²) in [6.07, 6.45) is 1.78. The summed E-state index contributed by atoms with van der Waals surface area (Å²) in [5.41, 5.74) is 2.32. The van der Waals surface area contributed by atoms with Crippen molar-refractivity contribution in [2.24, 2.45) is 5.92 Å². The zero-order valence-corrected chi connectivity index (χ0v) is 12.2. The Balaban J connectivity index is 2.26. The monoisotopic (exact) mass is 304 g/mol. The molecule has 1 aromatic heterocycles. The van der Waals surface area contributed by atoms with Crippen molar-refractivity contribution in [3.8, 4) is 0 Å². The molecule has 0 aliphatic carbocycles. The van der Waals surface area contributed by atoms with Gasteiger partial charge >= 0.3 is 0 Å². The molecule has 0 saturated carbocycles. The van der Waals surface area contributed by atoms with Gasteiger partial charge in [0.2, 0.25) is 0 Å². The molecule has 2 rings (SSSR count). The normalized spacial score (nSPS) is 12.4. The van der Waals surface area contributed by atoms with E-state index in [9.17, 15) is 0 Å². The quantitative estimate of drug-likeness (QED) is 0.831. The third kappa shape index (κ3) is 3.10. The molecule has 94 valence electrons. The van der Waals surface area contributed by atoms with Gasteiger partial charge in [0.1, 0.15) is 4.60 Å². The number of halogens is 1. The first-order valence-electron chi connectivity index (χ1n) is 6.10. The number of anilines is 1. The van der Waals surface area contributed by atoms with Crippen LogP contribution in [0.3, 0.4) is 0 Å². The van der Waals surface area contributed by atoms with E-state index in [1.54, 1.807) is 6.20 Å². The molecule has 0 aliphatic heterocycles.